The van der Waals surface area contributed by atoms with Crippen LogP contribution in [0, 0.1) is 0 Å². The van der Waals surface area contributed by atoms with Gasteiger partial charge in [-0.25, -0.2) is 0 Å². The molecule has 0 radical (unpaired) electrons. The highest BCUT2D eigenvalue weighted by atomic mass is 79.9. The summed E-state index contributed by atoms with van der Waals surface area (Å²) in [5, 5.41) is 6.00. The lowest BCUT2D eigenvalue weighted by Gasteiger charge is -2.28. The van der Waals surface area contributed by atoms with Gasteiger partial charge in [-0.05, 0) is 65.2 Å². The number of benzene rings is 1. The Bertz CT molecular complexity index is 574. The van der Waals surface area contributed by atoms with Crippen molar-refractivity contribution < 1.29 is 0 Å². The van der Waals surface area contributed by atoms with Crippen molar-refractivity contribution in [3.05, 3.63) is 56.7 Å². The van der Waals surface area contributed by atoms with Crippen LogP contribution in [0.25, 0.3) is 0 Å². The zero-order valence-corrected chi connectivity index (χ0v) is 14.8. The van der Waals surface area contributed by atoms with E-state index in [-0.39, 0.29) is 0 Å². The van der Waals surface area contributed by atoms with Crippen LogP contribution in [0.3, 0.4) is 0 Å². The van der Waals surface area contributed by atoms with Gasteiger partial charge in [0.2, 0.25) is 0 Å². The van der Waals surface area contributed by atoms with Gasteiger partial charge in [-0.2, -0.15) is 0 Å². The van der Waals surface area contributed by atoms with E-state index in [4.69, 9.17) is 0 Å². The normalized spacial score (nSPS) is 17.6. The third-order valence-electron chi connectivity index (χ3n) is 4.53. The maximum Gasteiger partial charge on any atom is 0.0314 e. The molecule has 1 aromatic heterocycles. The lowest BCUT2D eigenvalue weighted by atomic mass is 9.85. The Morgan fingerprint density at radius 3 is 2.57 bits per heavy atom. The molecular weight excluding hydrogens is 342 g/mol. The fourth-order valence-electron chi connectivity index (χ4n) is 3.18. The van der Waals surface area contributed by atoms with Gasteiger partial charge in [0.1, 0.15) is 0 Å². The van der Waals surface area contributed by atoms with E-state index >= 15 is 0 Å². The van der Waals surface area contributed by atoms with Crippen molar-refractivity contribution in [3.8, 4) is 0 Å². The van der Waals surface area contributed by atoms with E-state index in [1.165, 1.54) is 34.2 Å². The van der Waals surface area contributed by atoms with Crippen molar-refractivity contribution in [2.45, 2.75) is 44.1 Å². The molecule has 0 spiro atoms. The van der Waals surface area contributed by atoms with E-state index < -0.39 is 0 Å². The summed E-state index contributed by atoms with van der Waals surface area (Å²) in [6.45, 7) is 3.34. The summed E-state index contributed by atoms with van der Waals surface area (Å²) in [7, 11) is 0. The molecule has 1 unspecified atom stereocenters. The molecule has 0 bridgehead atoms. The number of hydrogen-bond acceptors (Lipinski definition) is 2. The van der Waals surface area contributed by atoms with Gasteiger partial charge in [0, 0.05) is 20.8 Å². The fraction of sp³-hybridized carbons (Fsp3) is 0.444. The predicted molar refractivity (Wildman–Crippen MR) is 95.2 cm³/mol. The smallest absolute Gasteiger partial charge is 0.0314 e. The molecule has 2 aromatic rings. The number of rotatable bonds is 7. The van der Waals surface area contributed by atoms with Crippen molar-refractivity contribution in [1.29, 1.82) is 0 Å². The maximum absolute atomic E-state index is 3.82. The highest BCUT2D eigenvalue weighted by Crippen LogP contribution is 2.52. The van der Waals surface area contributed by atoms with Crippen molar-refractivity contribution in [3.63, 3.8) is 0 Å². The van der Waals surface area contributed by atoms with Crippen LogP contribution in [0.5, 0.6) is 0 Å². The summed E-state index contributed by atoms with van der Waals surface area (Å²) in [4.78, 5) is 1.46. The average Bonchev–Trinajstić information content (AvgIpc) is 3.23. The van der Waals surface area contributed by atoms with Crippen LogP contribution in [0.1, 0.15) is 36.6 Å². The van der Waals surface area contributed by atoms with Gasteiger partial charge < -0.3 is 5.32 Å². The van der Waals surface area contributed by atoms with E-state index in [0.717, 1.165) is 13.0 Å². The minimum Gasteiger partial charge on any atom is -0.313 e. The number of nitrogens with one attached hydrogen (secondary N) is 1. The first kappa shape index (κ1) is 15.3. The molecule has 3 rings (SSSR count). The Morgan fingerprint density at radius 2 is 2.00 bits per heavy atom. The molecule has 1 atom stereocenters. The van der Waals surface area contributed by atoms with Crippen LogP contribution in [-0.2, 0) is 11.8 Å². The Hall–Kier alpha value is -0.640. The SMILES string of the molecule is CCCNC(Cc1sccc1Br)C1(c2ccccc2)CC1. The highest BCUT2D eigenvalue weighted by Gasteiger charge is 2.50. The minimum atomic E-state index is 0.347. The summed E-state index contributed by atoms with van der Waals surface area (Å²) in [5.41, 5.74) is 1.85. The summed E-state index contributed by atoms with van der Waals surface area (Å²) in [5.74, 6) is 0. The highest BCUT2D eigenvalue weighted by molar-refractivity contribution is 9.10. The third kappa shape index (κ3) is 3.25. The average molecular weight is 364 g/mol. The summed E-state index contributed by atoms with van der Waals surface area (Å²) >= 11 is 5.55. The van der Waals surface area contributed by atoms with Gasteiger partial charge in [0.05, 0.1) is 0 Å². The minimum absolute atomic E-state index is 0.347. The first-order valence-electron chi connectivity index (χ1n) is 7.77. The molecule has 1 N–H and O–H groups in total. The first-order valence-corrected chi connectivity index (χ1v) is 9.44. The topological polar surface area (TPSA) is 12.0 Å². The molecule has 3 heteroatoms. The summed E-state index contributed by atoms with van der Waals surface area (Å²) < 4.78 is 1.26. The lowest BCUT2D eigenvalue weighted by Crippen LogP contribution is -2.42. The summed E-state index contributed by atoms with van der Waals surface area (Å²) in [6.07, 6.45) is 4.92. The van der Waals surface area contributed by atoms with Crippen molar-refractivity contribution in [1.82, 2.24) is 5.32 Å². The number of hydrogen-bond donors (Lipinski definition) is 1. The Morgan fingerprint density at radius 1 is 1.24 bits per heavy atom. The molecule has 21 heavy (non-hydrogen) atoms. The van der Waals surface area contributed by atoms with E-state index in [0.29, 0.717) is 11.5 Å². The molecule has 0 saturated heterocycles. The Labute approximate surface area is 139 Å². The Kier molecular flexibility index (Phi) is 4.82. The molecule has 0 aliphatic heterocycles. The van der Waals surface area contributed by atoms with Crippen molar-refractivity contribution in [2.75, 3.05) is 6.54 Å². The standard InChI is InChI=1S/C18H22BrNS/c1-2-11-20-17(13-16-15(19)8-12-21-16)18(9-10-18)14-6-4-3-5-7-14/h3-8,12,17,20H,2,9-11,13H2,1H3. The summed E-state index contributed by atoms with van der Waals surface area (Å²) in [6, 6.07) is 13.8. The van der Waals surface area contributed by atoms with Crippen LogP contribution in [-0.4, -0.2) is 12.6 Å². The molecule has 1 aliphatic carbocycles. The zero-order chi connectivity index (χ0) is 14.7. The van der Waals surface area contributed by atoms with Gasteiger partial charge in [0.15, 0.2) is 0 Å². The van der Waals surface area contributed by atoms with E-state index in [1.807, 2.05) is 11.3 Å². The molecule has 1 heterocycles. The van der Waals surface area contributed by atoms with E-state index in [9.17, 15) is 0 Å². The molecule has 1 aromatic carbocycles. The Balaban J connectivity index is 1.84. The second kappa shape index (κ2) is 6.64. The molecule has 0 amide bonds. The van der Waals surface area contributed by atoms with E-state index in [2.05, 4.69) is 69.9 Å². The van der Waals surface area contributed by atoms with Crippen molar-refractivity contribution in [2.24, 2.45) is 0 Å². The quantitative estimate of drug-likeness (QED) is 0.716. The number of thiophene rings is 1. The van der Waals surface area contributed by atoms with Gasteiger partial charge in [-0.1, -0.05) is 37.3 Å². The molecule has 1 aliphatic rings. The molecule has 1 nitrogen and oxygen atoms in total. The first-order chi connectivity index (χ1) is 10.3. The number of halogens is 1. The van der Waals surface area contributed by atoms with Gasteiger partial charge in [-0.3, -0.25) is 0 Å². The predicted octanol–water partition coefficient (Wildman–Crippen LogP) is 5.15. The largest absolute Gasteiger partial charge is 0.313 e. The van der Waals surface area contributed by atoms with Crippen LogP contribution in [0.2, 0.25) is 0 Å². The van der Waals surface area contributed by atoms with Gasteiger partial charge >= 0.3 is 0 Å². The van der Waals surface area contributed by atoms with Gasteiger partial charge in [0.25, 0.3) is 0 Å². The zero-order valence-electron chi connectivity index (χ0n) is 12.4. The van der Waals surface area contributed by atoms with Crippen molar-refractivity contribution >= 4 is 27.3 Å². The molecule has 1 fully saturated rings. The van der Waals surface area contributed by atoms with E-state index in [1.54, 1.807) is 0 Å². The third-order valence-corrected chi connectivity index (χ3v) is 6.47. The second-order valence-electron chi connectivity index (χ2n) is 5.92. The maximum atomic E-state index is 3.82. The van der Waals surface area contributed by atoms with Gasteiger partial charge in [-0.15, -0.1) is 11.3 Å². The molecule has 112 valence electrons. The fourth-order valence-corrected chi connectivity index (χ4v) is 4.74. The van der Waals surface area contributed by atoms with Crippen LogP contribution in [0.15, 0.2) is 46.3 Å². The second-order valence-corrected chi connectivity index (χ2v) is 7.78. The molecule has 1 saturated carbocycles. The van der Waals surface area contributed by atoms with Crippen LogP contribution in [0.4, 0.5) is 0 Å². The monoisotopic (exact) mass is 363 g/mol. The molecular formula is C18H22BrNS. The van der Waals surface area contributed by atoms with Crippen LogP contribution < -0.4 is 5.32 Å². The van der Waals surface area contributed by atoms with Crippen LogP contribution >= 0.6 is 27.3 Å². The lowest BCUT2D eigenvalue weighted by molar-refractivity contribution is 0.414.